The summed E-state index contributed by atoms with van der Waals surface area (Å²) in [5.41, 5.74) is 2.47. The van der Waals surface area contributed by atoms with Crippen LogP contribution in [0.5, 0.6) is 0 Å². The molecule has 174 valence electrons. The lowest BCUT2D eigenvalue weighted by atomic mass is 10.1. The van der Waals surface area contributed by atoms with Gasteiger partial charge in [0.05, 0.1) is 11.9 Å². The SMILES string of the molecule is CNC(=O)C(C)N(Cc1ccccc1C)C(=O)CCCN(c1ccc(Cl)cc1)S(C)(=O)=O. The van der Waals surface area contributed by atoms with E-state index < -0.39 is 16.1 Å². The predicted octanol–water partition coefficient (Wildman–Crippen LogP) is 3.36. The molecule has 0 saturated carbocycles. The summed E-state index contributed by atoms with van der Waals surface area (Å²) < 4.78 is 25.8. The molecule has 0 aliphatic carbocycles. The highest BCUT2D eigenvalue weighted by Crippen LogP contribution is 2.21. The summed E-state index contributed by atoms with van der Waals surface area (Å²) in [5.74, 6) is -0.472. The van der Waals surface area contributed by atoms with E-state index in [4.69, 9.17) is 11.6 Å². The quantitative estimate of drug-likeness (QED) is 0.566. The van der Waals surface area contributed by atoms with E-state index in [1.165, 1.54) is 16.3 Å². The maximum atomic E-state index is 13.1. The Labute approximate surface area is 195 Å². The van der Waals surface area contributed by atoms with E-state index >= 15 is 0 Å². The molecule has 0 heterocycles. The van der Waals surface area contributed by atoms with Crippen LogP contribution in [0.1, 0.15) is 30.9 Å². The van der Waals surface area contributed by atoms with Crippen LogP contribution in [-0.2, 0) is 26.2 Å². The molecule has 2 amide bonds. The van der Waals surface area contributed by atoms with Crippen molar-refractivity contribution in [3.05, 3.63) is 64.7 Å². The number of sulfonamides is 1. The minimum absolute atomic E-state index is 0.104. The smallest absolute Gasteiger partial charge is 0.242 e. The number of amides is 2. The minimum Gasteiger partial charge on any atom is -0.357 e. The Morgan fingerprint density at radius 3 is 2.28 bits per heavy atom. The summed E-state index contributed by atoms with van der Waals surface area (Å²) in [6, 6.07) is 13.5. The number of hydrogen-bond acceptors (Lipinski definition) is 4. The van der Waals surface area contributed by atoms with Gasteiger partial charge in [-0.2, -0.15) is 0 Å². The first-order valence-corrected chi connectivity index (χ1v) is 12.6. The Kier molecular flexibility index (Phi) is 9.09. The number of nitrogens with one attached hydrogen (secondary N) is 1. The van der Waals surface area contributed by atoms with E-state index in [1.807, 2.05) is 31.2 Å². The van der Waals surface area contributed by atoms with Gasteiger partial charge in [0.2, 0.25) is 21.8 Å². The van der Waals surface area contributed by atoms with E-state index in [0.29, 0.717) is 23.7 Å². The van der Waals surface area contributed by atoms with Crippen molar-refractivity contribution < 1.29 is 18.0 Å². The molecule has 1 atom stereocenters. The van der Waals surface area contributed by atoms with Gasteiger partial charge in [0.25, 0.3) is 0 Å². The molecule has 2 aromatic rings. The molecule has 1 unspecified atom stereocenters. The van der Waals surface area contributed by atoms with Crippen molar-refractivity contribution in [1.29, 1.82) is 0 Å². The van der Waals surface area contributed by atoms with Crippen molar-refractivity contribution in [3.8, 4) is 0 Å². The summed E-state index contributed by atoms with van der Waals surface area (Å²) in [6.07, 6.45) is 1.54. The summed E-state index contributed by atoms with van der Waals surface area (Å²) in [7, 11) is -2.00. The normalized spacial score (nSPS) is 12.2. The number of anilines is 1. The molecular weight excluding hydrogens is 450 g/mol. The van der Waals surface area contributed by atoms with Crippen LogP contribution < -0.4 is 9.62 Å². The van der Waals surface area contributed by atoms with Crippen LogP contribution >= 0.6 is 11.6 Å². The number of carbonyl (C=O) groups excluding carboxylic acids is 2. The Balaban J connectivity index is 2.14. The number of likely N-dealkylation sites (N-methyl/N-ethyl adjacent to an activating group) is 1. The van der Waals surface area contributed by atoms with Gasteiger partial charge in [0.1, 0.15) is 6.04 Å². The molecule has 0 spiro atoms. The van der Waals surface area contributed by atoms with Crippen LogP contribution in [0.15, 0.2) is 48.5 Å². The molecule has 0 aromatic heterocycles. The summed E-state index contributed by atoms with van der Waals surface area (Å²) >= 11 is 5.91. The zero-order valence-corrected chi connectivity index (χ0v) is 20.4. The second-order valence-corrected chi connectivity index (χ2v) is 10.00. The molecule has 32 heavy (non-hydrogen) atoms. The molecule has 2 aromatic carbocycles. The fourth-order valence-electron chi connectivity index (χ4n) is 3.37. The van der Waals surface area contributed by atoms with Gasteiger partial charge in [-0.05, 0) is 55.7 Å². The molecule has 0 saturated heterocycles. The third-order valence-corrected chi connectivity index (χ3v) is 6.73. The second-order valence-electron chi connectivity index (χ2n) is 7.65. The maximum Gasteiger partial charge on any atom is 0.242 e. The fourth-order valence-corrected chi connectivity index (χ4v) is 4.47. The van der Waals surface area contributed by atoms with Crippen molar-refractivity contribution in [1.82, 2.24) is 10.2 Å². The van der Waals surface area contributed by atoms with Crippen LogP contribution in [0, 0.1) is 6.92 Å². The average Bonchev–Trinajstić information content (AvgIpc) is 2.75. The topological polar surface area (TPSA) is 86.8 Å². The Morgan fingerprint density at radius 1 is 1.09 bits per heavy atom. The monoisotopic (exact) mass is 479 g/mol. The van der Waals surface area contributed by atoms with Gasteiger partial charge in [-0.3, -0.25) is 13.9 Å². The second kappa shape index (κ2) is 11.3. The average molecular weight is 480 g/mol. The zero-order valence-electron chi connectivity index (χ0n) is 18.8. The van der Waals surface area contributed by atoms with Crippen LogP contribution in [0.3, 0.4) is 0 Å². The van der Waals surface area contributed by atoms with E-state index in [9.17, 15) is 18.0 Å². The van der Waals surface area contributed by atoms with E-state index in [-0.39, 0.29) is 24.8 Å². The molecule has 0 bridgehead atoms. The van der Waals surface area contributed by atoms with Crippen LogP contribution in [0.25, 0.3) is 0 Å². The van der Waals surface area contributed by atoms with Crippen LogP contribution in [-0.4, -0.2) is 51.0 Å². The van der Waals surface area contributed by atoms with Crippen LogP contribution in [0.2, 0.25) is 5.02 Å². The predicted molar refractivity (Wildman–Crippen MR) is 128 cm³/mol. The van der Waals surface area contributed by atoms with Gasteiger partial charge in [-0.15, -0.1) is 0 Å². The van der Waals surface area contributed by atoms with Crippen LogP contribution in [0.4, 0.5) is 5.69 Å². The van der Waals surface area contributed by atoms with Gasteiger partial charge in [-0.1, -0.05) is 35.9 Å². The van der Waals surface area contributed by atoms with Gasteiger partial charge in [-0.25, -0.2) is 8.42 Å². The summed E-state index contributed by atoms with van der Waals surface area (Å²) in [5, 5.41) is 3.10. The van der Waals surface area contributed by atoms with Gasteiger partial charge in [0, 0.05) is 31.6 Å². The molecule has 7 nitrogen and oxygen atoms in total. The molecule has 2 rings (SSSR count). The molecule has 0 fully saturated rings. The Hall–Kier alpha value is -2.58. The molecular formula is C23H30ClN3O4S. The number of hydrogen-bond donors (Lipinski definition) is 1. The number of rotatable bonds is 10. The van der Waals surface area contributed by atoms with Gasteiger partial charge >= 0.3 is 0 Å². The third-order valence-electron chi connectivity index (χ3n) is 5.28. The first-order chi connectivity index (χ1) is 15.0. The lowest BCUT2D eigenvalue weighted by Gasteiger charge is -2.29. The molecule has 1 N–H and O–H groups in total. The largest absolute Gasteiger partial charge is 0.357 e. The van der Waals surface area contributed by atoms with Gasteiger partial charge in [0.15, 0.2) is 0 Å². The first-order valence-electron chi connectivity index (χ1n) is 10.3. The summed E-state index contributed by atoms with van der Waals surface area (Å²) in [6.45, 7) is 4.08. The third kappa shape index (κ3) is 6.97. The van der Waals surface area contributed by atoms with E-state index in [0.717, 1.165) is 17.4 Å². The molecule has 0 aliphatic rings. The highest BCUT2D eigenvalue weighted by molar-refractivity contribution is 7.92. The standard InChI is InChI=1S/C23H30ClN3O4S/c1-17-8-5-6-9-19(17)16-26(18(2)23(29)25-3)22(28)10-7-15-27(32(4,30)31)21-13-11-20(24)12-14-21/h5-6,8-9,11-14,18H,7,10,15-16H2,1-4H3,(H,25,29). The highest BCUT2D eigenvalue weighted by Gasteiger charge is 2.26. The van der Waals surface area contributed by atoms with Gasteiger partial charge < -0.3 is 10.2 Å². The lowest BCUT2D eigenvalue weighted by molar-refractivity contribution is -0.140. The molecule has 9 heteroatoms. The molecule has 0 aliphatic heterocycles. The first kappa shape index (κ1) is 25.7. The highest BCUT2D eigenvalue weighted by atomic mass is 35.5. The van der Waals surface area contributed by atoms with Crippen molar-refractivity contribution in [2.45, 2.75) is 39.3 Å². The maximum absolute atomic E-state index is 13.1. The fraction of sp³-hybridized carbons (Fsp3) is 0.391. The Bertz CT molecular complexity index is 1040. The minimum atomic E-state index is -3.54. The van der Waals surface area contributed by atoms with Crippen molar-refractivity contribution >= 4 is 39.1 Å². The van der Waals surface area contributed by atoms with E-state index in [2.05, 4.69) is 5.32 Å². The van der Waals surface area contributed by atoms with Crippen molar-refractivity contribution in [2.75, 3.05) is 24.2 Å². The number of nitrogens with zero attached hydrogens (tertiary/aromatic N) is 2. The van der Waals surface area contributed by atoms with E-state index in [1.54, 1.807) is 31.2 Å². The summed E-state index contributed by atoms with van der Waals surface area (Å²) in [4.78, 5) is 26.9. The number of carbonyl (C=O) groups is 2. The zero-order chi connectivity index (χ0) is 23.9. The number of halogens is 1. The van der Waals surface area contributed by atoms with Crippen molar-refractivity contribution in [3.63, 3.8) is 0 Å². The lowest BCUT2D eigenvalue weighted by Crippen LogP contribution is -2.47. The number of aryl methyl sites for hydroxylation is 1. The number of benzene rings is 2. The van der Waals surface area contributed by atoms with Crippen molar-refractivity contribution in [2.24, 2.45) is 0 Å². The molecule has 0 radical (unpaired) electrons. The Morgan fingerprint density at radius 2 is 1.72 bits per heavy atom.